The first-order chi connectivity index (χ1) is 11.6. The molecule has 1 unspecified atom stereocenters. The minimum atomic E-state index is -0.815. The summed E-state index contributed by atoms with van der Waals surface area (Å²) in [7, 11) is 0. The van der Waals surface area contributed by atoms with Gasteiger partial charge >= 0.3 is 12.0 Å². The fraction of sp³-hybridized carbons (Fsp3) is 0.556. The van der Waals surface area contributed by atoms with Crippen LogP contribution in [0.25, 0.3) is 0 Å². The summed E-state index contributed by atoms with van der Waals surface area (Å²) in [4.78, 5) is 26.4. The van der Waals surface area contributed by atoms with Crippen LogP contribution in [0.4, 0.5) is 10.5 Å². The van der Waals surface area contributed by atoms with Gasteiger partial charge in [0, 0.05) is 23.2 Å². The van der Waals surface area contributed by atoms with Crippen molar-refractivity contribution in [3.05, 3.63) is 24.3 Å². The summed E-state index contributed by atoms with van der Waals surface area (Å²) in [5.74, 6) is -1.27. The van der Waals surface area contributed by atoms with E-state index in [-0.39, 0.29) is 6.03 Å². The zero-order valence-corrected chi connectivity index (χ0v) is 14.6. The van der Waals surface area contributed by atoms with Crippen molar-refractivity contribution in [3.63, 3.8) is 0 Å². The number of rotatable bonds is 4. The molecule has 2 aliphatic rings. The summed E-state index contributed by atoms with van der Waals surface area (Å²) >= 11 is 1.84. The minimum Gasteiger partial charge on any atom is -0.481 e. The highest BCUT2D eigenvalue weighted by atomic mass is 32.2. The van der Waals surface area contributed by atoms with Crippen molar-refractivity contribution < 1.29 is 14.7 Å². The van der Waals surface area contributed by atoms with Crippen LogP contribution in [0.3, 0.4) is 0 Å². The number of carbonyl (C=O) groups is 2. The summed E-state index contributed by atoms with van der Waals surface area (Å²) in [6, 6.07) is 7.70. The van der Waals surface area contributed by atoms with Crippen molar-refractivity contribution in [1.82, 2.24) is 4.90 Å². The standard InChI is InChI=1S/C18H24N2O3S/c21-17(22)13-6-5-11-20(12-13)18(23)19-15-9-3-4-10-16(15)24-14-7-1-2-8-14/h3-4,9-10,13-14H,1-2,5-8,11-12H2,(H,19,23)(H,21,22). The lowest BCUT2D eigenvalue weighted by Gasteiger charge is -2.31. The molecule has 3 rings (SSSR count). The van der Waals surface area contributed by atoms with E-state index in [4.69, 9.17) is 5.11 Å². The number of benzene rings is 1. The van der Waals surface area contributed by atoms with E-state index >= 15 is 0 Å². The van der Waals surface area contributed by atoms with Crippen LogP contribution in [0.1, 0.15) is 38.5 Å². The van der Waals surface area contributed by atoms with Gasteiger partial charge in [-0.05, 0) is 37.8 Å². The molecule has 1 saturated heterocycles. The van der Waals surface area contributed by atoms with Crippen LogP contribution in [0, 0.1) is 5.92 Å². The van der Waals surface area contributed by atoms with Crippen molar-refractivity contribution in [2.75, 3.05) is 18.4 Å². The molecule has 1 aliphatic heterocycles. The molecule has 24 heavy (non-hydrogen) atoms. The summed E-state index contributed by atoms with van der Waals surface area (Å²) < 4.78 is 0. The van der Waals surface area contributed by atoms with E-state index in [9.17, 15) is 9.59 Å². The summed E-state index contributed by atoms with van der Waals surface area (Å²) in [6.07, 6.45) is 6.43. The zero-order valence-electron chi connectivity index (χ0n) is 13.7. The Balaban J connectivity index is 1.64. The molecule has 1 atom stereocenters. The van der Waals surface area contributed by atoms with Gasteiger partial charge in [-0.2, -0.15) is 0 Å². The minimum absolute atomic E-state index is 0.194. The molecular formula is C18H24N2O3S. The third-order valence-corrected chi connectivity index (χ3v) is 6.20. The van der Waals surface area contributed by atoms with Gasteiger partial charge in [0.1, 0.15) is 0 Å². The molecule has 6 heteroatoms. The Morgan fingerprint density at radius 2 is 1.88 bits per heavy atom. The SMILES string of the molecule is O=C(O)C1CCCN(C(=O)Nc2ccccc2SC2CCCC2)C1. The second kappa shape index (κ2) is 7.92. The number of nitrogens with one attached hydrogen (secondary N) is 1. The van der Waals surface area contributed by atoms with E-state index in [1.165, 1.54) is 25.7 Å². The van der Waals surface area contributed by atoms with Gasteiger partial charge in [-0.3, -0.25) is 4.79 Å². The van der Waals surface area contributed by atoms with E-state index < -0.39 is 11.9 Å². The van der Waals surface area contributed by atoms with Crippen LogP contribution >= 0.6 is 11.8 Å². The van der Waals surface area contributed by atoms with Gasteiger partial charge in [-0.1, -0.05) is 25.0 Å². The Morgan fingerprint density at radius 1 is 1.12 bits per heavy atom. The second-order valence-electron chi connectivity index (χ2n) is 6.57. The number of para-hydroxylation sites is 1. The maximum absolute atomic E-state index is 12.5. The molecule has 0 aromatic heterocycles. The topological polar surface area (TPSA) is 69.6 Å². The number of urea groups is 1. The smallest absolute Gasteiger partial charge is 0.321 e. The molecule has 5 nitrogen and oxygen atoms in total. The van der Waals surface area contributed by atoms with Crippen molar-refractivity contribution in [3.8, 4) is 0 Å². The number of hydrogen-bond donors (Lipinski definition) is 2. The number of carboxylic acid groups (broad SMARTS) is 1. The first kappa shape index (κ1) is 17.1. The fourth-order valence-corrected chi connectivity index (χ4v) is 4.75. The van der Waals surface area contributed by atoms with Gasteiger partial charge in [-0.15, -0.1) is 11.8 Å². The third kappa shape index (κ3) is 4.23. The van der Waals surface area contributed by atoms with Gasteiger partial charge in [0.25, 0.3) is 0 Å². The monoisotopic (exact) mass is 348 g/mol. The fourth-order valence-electron chi connectivity index (χ4n) is 3.42. The van der Waals surface area contributed by atoms with Crippen LogP contribution in [0.2, 0.25) is 0 Å². The molecule has 130 valence electrons. The van der Waals surface area contributed by atoms with Crippen molar-refractivity contribution in [2.45, 2.75) is 48.7 Å². The first-order valence-corrected chi connectivity index (χ1v) is 9.56. The number of nitrogens with zero attached hydrogens (tertiary/aromatic N) is 1. The quantitative estimate of drug-likeness (QED) is 0.861. The molecular weight excluding hydrogens is 324 g/mol. The number of amides is 2. The highest BCUT2D eigenvalue weighted by Gasteiger charge is 2.28. The molecule has 1 aliphatic carbocycles. The van der Waals surface area contributed by atoms with E-state index in [1.54, 1.807) is 4.90 Å². The number of carbonyl (C=O) groups excluding carboxylic acids is 1. The van der Waals surface area contributed by atoms with E-state index in [0.717, 1.165) is 17.0 Å². The molecule has 2 fully saturated rings. The average molecular weight is 348 g/mol. The number of likely N-dealkylation sites (tertiary alicyclic amines) is 1. The molecule has 0 bridgehead atoms. The molecule has 0 spiro atoms. The zero-order chi connectivity index (χ0) is 16.9. The van der Waals surface area contributed by atoms with Crippen molar-refractivity contribution in [2.24, 2.45) is 5.92 Å². The lowest BCUT2D eigenvalue weighted by Crippen LogP contribution is -2.44. The van der Waals surface area contributed by atoms with Gasteiger partial charge in [0.05, 0.1) is 11.6 Å². The number of piperidine rings is 1. The lowest BCUT2D eigenvalue weighted by molar-refractivity contribution is -0.143. The van der Waals surface area contributed by atoms with Crippen LogP contribution in [-0.2, 0) is 4.79 Å². The Labute approximate surface area is 146 Å². The van der Waals surface area contributed by atoms with Gasteiger partial charge in [-0.25, -0.2) is 4.79 Å². The lowest BCUT2D eigenvalue weighted by atomic mass is 9.99. The first-order valence-electron chi connectivity index (χ1n) is 8.68. The Bertz CT molecular complexity index is 602. The second-order valence-corrected chi connectivity index (χ2v) is 7.92. The van der Waals surface area contributed by atoms with E-state index in [1.807, 2.05) is 30.0 Å². The highest BCUT2D eigenvalue weighted by Crippen LogP contribution is 2.38. The van der Waals surface area contributed by atoms with Gasteiger partial charge in [0.15, 0.2) is 0 Å². The summed E-state index contributed by atoms with van der Waals surface area (Å²) in [6.45, 7) is 0.909. The molecule has 1 aromatic rings. The highest BCUT2D eigenvalue weighted by molar-refractivity contribution is 8.00. The number of aliphatic carboxylic acids is 1. The van der Waals surface area contributed by atoms with Crippen LogP contribution in [0.5, 0.6) is 0 Å². The molecule has 1 aromatic carbocycles. The Hall–Kier alpha value is -1.69. The van der Waals surface area contributed by atoms with Crippen LogP contribution < -0.4 is 5.32 Å². The normalized spacial score (nSPS) is 21.7. The summed E-state index contributed by atoms with van der Waals surface area (Å²) in [5, 5.41) is 12.8. The number of carboxylic acids is 1. The largest absolute Gasteiger partial charge is 0.481 e. The molecule has 2 N–H and O–H groups in total. The van der Waals surface area contributed by atoms with E-state index in [0.29, 0.717) is 24.8 Å². The average Bonchev–Trinajstić information content (AvgIpc) is 3.10. The third-order valence-electron chi connectivity index (χ3n) is 4.78. The van der Waals surface area contributed by atoms with Crippen molar-refractivity contribution in [1.29, 1.82) is 0 Å². The van der Waals surface area contributed by atoms with Crippen LogP contribution in [-0.4, -0.2) is 40.3 Å². The van der Waals surface area contributed by atoms with Gasteiger partial charge < -0.3 is 15.3 Å². The molecule has 0 radical (unpaired) electrons. The number of anilines is 1. The Kier molecular flexibility index (Phi) is 5.66. The number of thioether (sulfide) groups is 1. The predicted molar refractivity (Wildman–Crippen MR) is 95.5 cm³/mol. The molecule has 2 amide bonds. The summed E-state index contributed by atoms with van der Waals surface area (Å²) in [5.41, 5.74) is 0.830. The Morgan fingerprint density at radius 3 is 2.62 bits per heavy atom. The van der Waals surface area contributed by atoms with Gasteiger partial charge in [0.2, 0.25) is 0 Å². The molecule has 1 heterocycles. The maximum Gasteiger partial charge on any atom is 0.321 e. The van der Waals surface area contributed by atoms with Crippen molar-refractivity contribution >= 4 is 29.4 Å². The van der Waals surface area contributed by atoms with E-state index in [2.05, 4.69) is 11.4 Å². The predicted octanol–water partition coefficient (Wildman–Crippen LogP) is 4.05. The maximum atomic E-state index is 12.5. The van der Waals surface area contributed by atoms with Crippen LogP contribution in [0.15, 0.2) is 29.2 Å². The number of hydrogen-bond acceptors (Lipinski definition) is 3. The molecule has 1 saturated carbocycles.